The number of benzene rings is 1. The summed E-state index contributed by atoms with van der Waals surface area (Å²) in [5.41, 5.74) is 6.99. The van der Waals surface area contributed by atoms with Crippen LogP contribution in [-0.2, 0) is 23.5 Å². The Kier molecular flexibility index (Phi) is 4.49. The number of nitrogens with two attached hydrogens (primary N) is 1. The maximum absolute atomic E-state index is 12.3. The molecule has 0 unspecified atom stereocenters. The van der Waals surface area contributed by atoms with E-state index in [1.54, 1.807) is 25.2 Å². The molecule has 114 valence electrons. The molecule has 1 heterocycles. The lowest BCUT2D eigenvalue weighted by molar-refractivity contribution is 0.288. The number of aliphatic hydroxyl groups excluding tert-OH is 1. The van der Waals surface area contributed by atoms with Crippen LogP contribution >= 0.6 is 0 Å². The lowest BCUT2D eigenvalue weighted by Gasteiger charge is -2.10. The second-order valence-electron chi connectivity index (χ2n) is 4.68. The van der Waals surface area contributed by atoms with Crippen LogP contribution in [0.2, 0.25) is 0 Å². The molecule has 0 aliphatic carbocycles. The third-order valence-electron chi connectivity index (χ3n) is 2.97. The Labute approximate surface area is 123 Å². The highest BCUT2D eigenvalue weighted by molar-refractivity contribution is 7.92. The zero-order valence-electron chi connectivity index (χ0n) is 11.7. The van der Waals surface area contributed by atoms with Gasteiger partial charge >= 0.3 is 0 Å². The third-order valence-corrected chi connectivity index (χ3v) is 4.48. The average molecular weight is 310 g/mol. The van der Waals surface area contributed by atoms with Gasteiger partial charge in [-0.15, -0.1) is 0 Å². The molecule has 0 aliphatic heterocycles. The summed E-state index contributed by atoms with van der Waals surface area (Å²) in [6.45, 7) is 0.0987. The Bertz CT molecular complexity index is 705. The molecule has 0 aliphatic rings. The minimum atomic E-state index is -3.79. The molecule has 0 saturated heterocycles. The van der Waals surface area contributed by atoms with Gasteiger partial charge in [-0.05, 0) is 30.5 Å². The highest BCUT2D eigenvalue weighted by atomic mass is 32.2. The smallest absolute Gasteiger partial charge is 0.281 e. The quantitative estimate of drug-likeness (QED) is 0.728. The second kappa shape index (κ2) is 6.15. The first kappa shape index (κ1) is 15.3. The molecule has 0 spiro atoms. The van der Waals surface area contributed by atoms with Crippen LogP contribution in [-0.4, -0.2) is 29.7 Å². The third kappa shape index (κ3) is 3.53. The largest absolute Gasteiger partial charge is 0.396 e. The number of hydrogen-bond donors (Lipinski definition) is 3. The molecule has 4 N–H and O–H groups in total. The van der Waals surface area contributed by atoms with Gasteiger partial charge in [-0.1, -0.05) is 12.1 Å². The number of aromatic nitrogens is 2. The van der Waals surface area contributed by atoms with Gasteiger partial charge in [0.1, 0.15) is 0 Å². The fourth-order valence-electron chi connectivity index (χ4n) is 2.04. The Balaban J connectivity index is 2.25. The summed E-state index contributed by atoms with van der Waals surface area (Å²) in [6, 6.07) is 7.04. The number of nitrogen functional groups attached to an aromatic ring is 1. The Morgan fingerprint density at radius 2 is 2.19 bits per heavy atom. The van der Waals surface area contributed by atoms with Crippen molar-refractivity contribution in [3.63, 3.8) is 0 Å². The Morgan fingerprint density at radius 3 is 2.81 bits per heavy atom. The van der Waals surface area contributed by atoms with E-state index in [9.17, 15) is 8.42 Å². The first-order valence-electron chi connectivity index (χ1n) is 6.43. The van der Waals surface area contributed by atoms with Crippen LogP contribution in [0.25, 0.3) is 0 Å². The van der Waals surface area contributed by atoms with Gasteiger partial charge in [-0.2, -0.15) is 8.42 Å². The van der Waals surface area contributed by atoms with Crippen LogP contribution < -0.4 is 10.5 Å². The van der Waals surface area contributed by atoms with E-state index in [2.05, 4.69) is 9.71 Å². The monoisotopic (exact) mass is 310 g/mol. The van der Waals surface area contributed by atoms with Gasteiger partial charge in [0.05, 0.1) is 6.33 Å². The molecule has 0 amide bonds. The minimum absolute atomic E-state index is 0.0403. The standard InChI is InChI=1S/C13H18N4O3S/c1-17-9-15-12(14)13(17)21(19,20)16-11-6-2-4-10(8-11)5-3-7-18/h2,4,6,8-9,16,18H,3,5,7,14H2,1H3. The van der Waals surface area contributed by atoms with Crippen LogP contribution in [0.5, 0.6) is 0 Å². The first-order chi connectivity index (χ1) is 9.94. The van der Waals surface area contributed by atoms with Crippen LogP contribution in [0, 0.1) is 0 Å². The molecule has 1 aromatic heterocycles. The maximum atomic E-state index is 12.3. The molecule has 0 bridgehead atoms. The maximum Gasteiger partial charge on any atom is 0.281 e. The molecular formula is C13H18N4O3S. The molecule has 2 aromatic rings. The van der Waals surface area contributed by atoms with E-state index in [-0.39, 0.29) is 17.5 Å². The molecule has 0 atom stereocenters. The summed E-state index contributed by atoms with van der Waals surface area (Å²) >= 11 is 0. The average Bonchev–Trinajstić information content (AvgIpc) is 2.76. The molecular weight excluding hydrogens is 292 g/mol. The highest BCUT2D eigenvalue weighted by Gasteiger charge is 2.22. The van der Waals surface area contributed by atoms with E-state index in [4.69, 9.17) is 10.8 Å². The fraction of sp³-hybridized carbons (Fsp3) is 0.308. The Morgan fingerprint density at radius 1 is 1.43 bits per heavy atom. The predicted molar refractivity (Wildman–Crippen MR) is 80.3 cm³/mol. The van der Waals surface area contributed by atoms with E-state index in [1.165, 1.54) is 10.9 Å². The normalized spacial score (nSPS) is 11.5. The second-order valence-corrected chi connectivity index (χ2v) is 6.28. The first-order valence-corrected chi connectivity index (χ1v) is 7.92. The molecule has 7 nitrogen and oxygen atoms in total. The van der Waals surface area contributed by atoms with Crippen molar-refractivity contribution in [3.8, 4) is 0 Å². The zero-order valence-corrected chi connectivity index (χ0v) is 12.5. The van der Waals surface area contributed by atoms with Crippen molar-refractivity contribution in [2.24, 2.45) is 7.05 Å². The Hall–Kier alpha value is -2.06. The van der Waals surface area contributed by atoms with E-state index in [0.29, 0.717) is 18.5 Å². The van der Waals surface area contributed by atoms with E-state index < -0.39 is 10.0 Å². The van der Waals surface area contributed by atoms with Gasteiger partial charge in [-0.25, -0.2) is 4.98 Å². The predicted octanol–water partition coefficient (Wildman–Crippen LogP) is 0.728. The molecule has 1 aromatic carbocycles. The van der Waals surface area contributed by atoms with Gasteiger partial charge in [0, 0.05) is 19.3 Å². The van der Waals surface area contributed by atoms with Crippen LogP contribution in [0.15, 0.2) is 35.6 Å². The summed E-state index contributed by atoms with van der Waals surface area (Å²) in [6.07, 6.45) is 2.66. The molecule has 0 saturated carbocycles. The molecule has 2 rings (SSSR count). The van der Waals surface area contributed by atoms with Gasteiger partial charge in [0.25, 0.3) is 10.0 Å². The number of nitrogens with one attached hydrogen (secondary N) is 1. The summed E-state index contributed by atoms with van der Waals surface area (Å²) in [5, 5.41) is 8.77. The van der Waals surface area contributed by atoms with Gasteiger partial charge in [0.15, 0.2) is 10.8 Å². The SMILES string of the molecule is Cn1cnc(N)c1S(=O)(=O)Nc1cccc(CCCO)c1. The van der Waals surface area contributed by atoms with Crippen molar-refractivity contribution in [1.82, 2.24) is 9.55 Å². The van der Waals surface area contributed by atoms with Crippen LogP contribution in [0.1, 0.15) is 12.0 Å². The van der Waals surface area contributed by atoms with Gasteiger partial charge in [-0.3, -0.25) is 4.72 Å². The van der Waals surface area contributed by atoms with Crippen molar-refractivity contribution in [2.45, 2.75) is 17.9 Å². The lowest BCUT2D eigenvalue weighted by atomic mass is 10.1. The van der Waals surface area contributed by atoms with E-state index >= 15 is 0 Å². The van der Waals surface area contributed by atoms with Crippen molar-refractivity contribution < 1.29 is 13.5 Å². The van der Waals surface area contributed by atoms with Crippen LogP contribution in [0.3, 0.4) is 0 Å². The van der Waals surface area contributed by atoms with Gasteiger partial charge < -0.3 is 15.4 Å². The summed E-state index contributed by atoms with van der Waals surface area (Å²) in [5.74, 6) is -0.0403. The zero-order chi connectivity index (χ0) is 15.5. The number of rotatable bonds is 6. The van der Waals surface area contributed by atoms with Crippen molar-refractivity contribution in [3.05, 3.63) is 36.2 Å². The summed E-state index contributed by atoms with van der Waals surface area (Å²) in [4.78, 5) is 3.78. The number of sulfonamides is 1. The van der Waals surface area contributed by atoms with Crippen molar-refractivity contribution in [2.75, 3.05) is 17.1 Å². The van der Waals surface area contributed by atoms with E-state index in [1.807, 2.05) is 6.07 Å². The number of anilines is 2. The molecule has 0 radical (unpaired) electrons. The van der Waals surface area contributed by atoms with Crippen molar-refractivity contribution in [1.29, 1.82) is 0 Å². The number of aliphatic hydroxyl groups is 1. The fourth-order valence-corrected chi connectivity index (χ4v) is 3.33. The highest BCUT2D eigenvalue weighted by Crippen LogP contribution is 2.20. The summed E-state index contributed by atoms with van der Waals surface area (Å²) in [7, 11) is -2.23. The topological polar surface area (TPSA) is 110 Å². The van der Waals surface area contributed by atoms with Crippen LogP contribution in [0.4, 0.5) is 11.5 Å². The lowest BCUT2D eigenvalue weighted by Crippen LogP contribution is -2.17. The van der Waals surface area contributed by atoms with Gasteiger partial charge in [0.2, 0.25) is 0 Å². The van der Waals surface area contributed by atoms with E-state index in [0.717, 1.165) is 5.56 Å². The summed E-state index contributed by atoms with van der Waals surface area (Å²) < 4.78 is 28.5. The molecule has 8 heteroatoms. The molecule has 21 heavy (non-hydrogen) atoms. The number of nitrogens with zero attached hydrogens (tertiary/aromatic N) is 2. The van der Waals surface area contributed by atoms with Crippen molar-refractivity contribution >= 4 is 21.5 Å². The molecule has 0 fully saturated rings. The number of aryl methyl sites for hydroxylation is 2. The number of hydrogen-bond acceptors (Lipinski definition) is 5. The number of imidazole rings is 1. The minimum Gasteiger partial charge on any atom is -0.396 e.